The van der Waals surface area contributed by atoms with Crippen LogP contribution in [0.4, 0.5) is 0 Å². The average molecular weight is 939 g/mol. The molecular weight excluding hydrogens is 897 g/mol. The summed E-state index contributed by atoms with van der Waals surface area (Å²) in [6.07, 6.45) is 0. The lowest BCUT2D eigenvalue weighted by molar-refractivity contribution is 0.669. The Kier molecular flexibility index (Phi) is 8.78. The summed E-state index contributed by atoms with van der Waals surface area (Å²) in [5, 5.41) is 19.1. The summed E-state index contributed by atoms with van der Waals surface area (Å²) in [6, 6.07) is 93.0. The summed E-state index contributed by atoms with van der Waals surface area (Å²) in [5.74, 6) is 0. The van der Waals surface area contributed by atoms with Gasteiger partial charge in [-0.25, -0.2) is 0 Å². The number of furan rings is 2. The van der Waals surface area contributed by atoms with Crippen LogP contribution in [-0.2, 0) is 0 Å². The van der Waals surface area contributed by atoms with Crippen LogP contribution >= 0.6 is 0 Å². The zero-order valence-electron chi connectivity index (χ0n) is 40.1. The molecule has 14 aromatic carbocycles. The van der Waals surface area contributed by atoms with Gasteiger partial charge in [0.15, 0.2) is 0 Å². The van der Waals surface area contributed by atoms with Crippen LogP contribution in [0.25, 0.3) is 164 Å². The molecule has 2 nitrogen and oxygen atoms in total. The highest BCUT2D eigenvalue weighted by Crippen LogP contribution is 2.49. The van der Waals surface area contributed by atoms with Crippen LogP contribution in [0, 0.1) is 0 Å². The number of rotatable bonds is 5. The van der Waals surface area contributed by atoms with Gasteiger partial charge in [0.05, 0.1) is 0 Å². The van der Waals surface area contributed by atoms with Gasteiger partial charge in [0, 0.05) is 32.7 Å². The van der Waals surface area contributed by atoms with Crippen molar-refractivity contribution in [2.45, 2.75) is 0 Å². The maximum atomic E-state index is 7.08. The molecule has 2 heteroatoms. The third-order valence-corrected chi connectivity index (χ3v) is 15.8. The van der Waals surface area contributed by atoms with Gasteiger partial charge < -0.3 is 8.83 Å². The van der Waals surface area contributed by atoms with E-state index in [0.717, 1.165) is 66.1 Å². The maximum Gasteiger partial charge on any atom is 0.143 e. The van der Waals surface area contributed by atoms with Crippen molar-refractivity contribution in [2.24, 2.45) is 0 Å². The second-order valence-electron chi connectivity index (χ2n) is 19.8. The number of benzene rings is 14. The van der Waals surface area contributed by atoms with Crippen LogP contribution < -0.4 is 0 Å². The molecule has 0 aliphatic rings. The van der Waals surface area contributed by atoms with Crippen molar-refractivity contribution in [3.8, 4) is 55.6 Å². The van der Waals surface area contributed by atoms with Gasteiger partial charge in [-0.1, -0.05) is 206 Å². The predicted molar refractivity (Wildman–Crippen MR) is 313 cm³/mol. The molecule has 2 heterocycles. The van der Waals surface area contributed by atoms with Gasteiger partial charge in [0.1, 0.15) is 22.3 Å². The molecule has 0 bridgehead atoms. The van der Waals surface area contributed by atoms with Crippen molar-refractivity contribution in [2.75, 3.05) is 0 Å². The monoisotopic (exact) mass is 938 g/mol. The summed E-state index contributed by atoms with van der Waals surface area (Å²) < 4.78 is 13.7. The Morgan fingerprint density at radius 2 is 0.568 bits per heavy atom. The Balaban J connectivity index is 0.830. The van der Waals surface area contributed by atoms with E-state index in [-0.39, 0.29) is 0 Å². The van der Waals surface area contributed by atoms with E-state index in [9.17, 15) is 0 Å². The minimum Gasteiger partial charge on any atom is -0.456 e. The molecule has 0 saturated carbocycles. The van der Waals surface area contributed by atoms with Gasteiger partial charge in [0.2, 0.25) is 0 Å². The molecule has 0 spiro atoms. The fourth-order valence-electron chi connectivity index (χ4n) is 12.5. The minimum atomic E-state index is 0.858. The molecular formula is C72H42O2. The van der Waals surface area contributed by atoms with E-state index in [2.05, 4.69) is 255 Å². The molecule has 0 aliphatic carbocycles. The van der Waals surface area contributed by atoms with Gasteiger partial charge >= 0.3 is 0 Å². The molecule has 0 radical (unpaired) electrons. The average Bonchev–Trinajstić information content (AvgIpc) is 4.03. The summed E-state index contributed by atoms with van der Waals surface area (Å²) in [5.41, 5.74) is 15.3. The topological polar surface area (TPSA) is 26.3 Å². The molecule has 0 N–H and O–H groups in total. The van der Waals surface area contributed by atoms with E-state index in [1.807, 2.05) is 0 Å². The lowest BCUT2D eigenvalue weighted by Gasteiger charge is -2.18. The van der Waals surface area contributed by atoms with E-state index in [1.165, 1.54) is 98.0 Å². The van der Waals surface area contributed by atoms with Crippen molar-refractivity contribution < 1.29 is 8.83 Å². The third-order valence-electron chi connectivity index (χ3n) is 15.8. The van der Waals surface area contributed by atoms with Gasteiger partial charge in [-0.15, -0.1) is 0 Å². The van der Waals surface area contributed by atoms with Crippen molar-refractivity contribution in [3.05, 3.63) is 255 Å². The Hall–Kier alpha value is -9.76. The fourth-order valence-corrected chi connectivity index (χ4v) is 12.5. The zero-order chi connectivity index (χ0) is 48.4. The molecule has 74 heavy (non-hydrogen) atoms. The summed E-state index contributed by atoms with van der Waals surface area (Å²) >= 11 is 0. The highest BCUT2D eigenvalue weighted by Gasteiger charge is 2.22. The smallest absolute Gasteiger partial charge is 0.143 e. The standard InChI is InChI=1S/C72H42O2/c1-3-16-45-38-49(30-28-43(45)14-1)68-53-18-5-7-20-55(53)70(56-21-8-6-19-54(56)68)51-34-37-66-64(41-51)63-40-47(33-36-65(63)73-66)48-32-35-52-61-26-13-27-62(72(61)74-67(52)42-48)71-59-24-11-9-22-57(59)69(58-23-10-12-25-60(58)71)50-31-29-44-15-2-4-17-46(44)39-50/h1-42H. The largest absolute Gasteiger partial charge is 0.456 e. The van der Waals surface area contributed by atoms with Crippen molar-refractivity contribution in [3.63, 3.8) is 0 Å². The van der Waals surface area contributed by atoms with Gasteiger partial charge in [-0.2, -0.15) is 0 Å². The second-order valence-corrected chi connectivity index (χ2v) is 19.8. The molecule has 0 unspecified atom stereocenters. The van der Waals surface area contributed by atoms with Gasteiger partial charge in [-0.05, 0) is 158 Å². The highest BCUT2D eigenvalue weighted by atomic mass is 16.3. The Morgan fingerprint density at radius 1 is 0.189 bits per heavy atom. The summed E-state index contributed by atoms with van der Waals surface area (Å²) in [6.45, 7) is 0. The van der Waals surface area contributed by atoms with Crippen molar-refractivity contribution in [1.82, 2.24) is 0 Å². The SMILES string of the molecule is c1ccc2cc(-c3c4ccccc4c(-c4ccc5oc6ccc(-c7ccc8c(c7)oc7c(-c9c%10ccccc%10c(-c%10ccc%11ccccc%11c%10)c%10ccccc9%10)cccc78)cc6c5c4)c4ccccc34)ccc2c1. The van der Waals surface area contributed by atoms with Crippen LogP contribution in [0.5, 0.6) is 0 Å². The van der Waals surface area contributed by atoms with Crippen LogP contribution in [0.2, 0.25) is 0 Å². The fraction of sp³-hybridized carbons (Fsp3) is 0. The molecule has 16 rings (SSSR count). The van der Waals surface area contributed by atoms with Crippen molar-refractivity contribution in [1.29, 1.82) is 0 Å². The first-order valence-corrected chi connectivity index (χ1v) is 25.5. The van der Waals surface area contributed by atoms with E-state index < -0.39 is 0 Å². The lowest BCUT2D eigenvalue weighted by atomic mass is 9.85. The molecule has 0 atom stereocenters. The van der Waals surface area contributed by atoms with Crippen LogP contribution in [-0.4, -0.2) is 0 Å². The molecule has 0 aliphatic heterocycles. The molecule has 2 aromatic heterocycles. The summed E-state index contributed by atoms with van der Waals surface area (Å²) in [7, 11) is 0. The van der Waals surface area contributed by atoms with Crippen molar-refractivity contribution >= 4 is 109 Å². The van der Waals surface area contributed by atoms with E-state index in [4.69, 9.17) is 8.83 Å². The Bertz CT molecular complexity index is 4910. The second kappa shape index (κ2) is 15.9. The minimum absolute atomic E-state index is 0.858. The first-order valence-electron chi connectivity index (χ1n) is 25.5. The molecule has 16 aromatic rings. The molecule has 0 saturated heterocycles. The normalized spacial score (nSPS) is 12.1. The first kappa shape index (κ1) is 40.9. The van der Waals surface area contributed by atoms with E-state index >= 15 is 0 Å². The number of fused-ring (bicyclic) bond motifs is 12. The van der Waals surface area contributed by atoms with E-state index in [0.29, 0.717) is 0 Å². The Labute approximate surface area is 425 Å². The van der Waals surface area contributed by atoms with Gasteiger partial charge in [0.25, 0.3) is 0 Å². The van der Waals surface area contributed by atoms with Gasteiger partial charge in [-0.3, -0.25) is 0 Å². The molecule has 0 amide bonds. The number of para-hydroxylation sites is 1. The highest BCUT2D eigenvalue weighted by molar-refractivity contribution is 6.25. The van der Waals surface area contributed by atoms with Crippen LogP contribution in [0.15, 0.2) is 264 Å². The maximum absolute atomic E-state index is 7.08. The number of hydrogen-bond donors (Lipinski definition) is 0. The first-order chi connectivity index (χ1) is 36.7. The van der Waals surface area contributed by atoms with Crippen LogP contribution in [0.1, 0.15) is 0 Å². The number of hydrogen-bond acceptors (Lipinski definition) is 2. The Morgan fingerprint density at radius 3 is 1.08 bits per heavy atom. The molecule has 0 fully saturated rings. The molecule has 342 valence electrons. The zero-order valence-corrected chi connectivity index (χ0v) is 40.1. The van der Waals surface area contributed by atoms with Crippen LogP contribution in [0.3, 0.4) is 0 Å². The predicted octanol–water partition coefficient (Wildman–Crippen LogP) is 20.7. The lowest BCUT2D eigenvalue weighted by Crippen LogP contribution is -1.91. The summed E-state index contributed by atoms with van der Waals surface area (Å²) in [4.78, 5) is 0. The third kappa shape index (κ3) is 6.12. The van der Waals surface area contributed by atoms with E-state index in [1.54, 1.807) is 0 Å². The quantitative estimate of drug-likeness (QED) is 0.161.